The Morgan fingerprint density at radius 1 is 1.00 bits per heavy atom. The van der Waals surface area contributed by atoms with Crippen LogP contribution in [0.15, 0.2) is 29.2 Å². The zero-order valence-corrected chi connectivity index (χ0v) is 14.5. The maximum atomic E-state index is 12.3. The Hall–Kier alpha value is -0.910. The predicted octanol–water partition coefficient (Wildman–Crippen LogP) is 3.58. The quantitative estimate of drug-likeness (QED) is 0.863. The average Bonchev–Trinajstić information content (AvgIpc) is 3.09. The van der Waals surface area contributed by atoms with Crippen LogP contribution in [0, 0.1) is 0 Å². The molecule has 1 N–H and O–H groups in total. The van der Waals surface area contributed by atoms with Crippen molar-refractivity contribution in [2.24, 2.45) is 0 Å². The van der Waals surface area contributed by atoms with Gasteiger partial charge in [-0.2, -0.15) is 0 Å². The summed E-state index contributed by atoms with van der Waals surface area (Å²) in [6.45, 7) is 1.25. The second-order valence-electron chi connectivity index (χ2n) is 6.73. The molecular weight excluding hydrogens is 310 g/mol. The monoisotopic (exact) mass is 337 g/mol. The van der Waals surface area contributed by atoms with E-state index in [4.69, 9.17) is 4.74 Å². The number of nitrogens with one attached hydrogen (secondary N) is 1. The van der Waals surface area contributed by atoms with Gasteiger partial charge in [0.1, 0.15) is 0 Å². The maximum Gasteiger partial charge on any atom is 0.240 e. The number of ether oxygens (including phenoxy) is 1. The van der Waals surface area contributed by atoms with E-state index in [-0.39, 0.29) is 6.10 Å². The van der Waals surface area contributed by atoms with E-state index in [1.165, 1.54) is 37.7 Å². The minimum absolute atomic E-state index is 0.214. The van der Waals surface area contributed by atoms with Gasteiger partial charge in [0.25, 0.3) is 0 Å². The van der Waals surface area contributed by atoms with Gasteiger partial charge in [-0.05, 0) is 55.7 Å². The molecule has 1 saturated carbocycles. The van der Waals surface area contributed by atoms with Crippen molar-refractivity contribution in [2.45, 2.75) is 68.3 Å². The molecule has 0 spiro atoms. The van der Waals surface area contributed by atoms with Crippen molar-refractivity contribution in [1.82, 2.24) is 4.72 Å². The SMILES string of the molecule is O=S(=O)(NCCC1CCCO1)c1ccc(C2CCCCC2)cc1. The van der Waals surface area contributed by atoms with E-state index in [0.717, 1.165) is 25.9 Å². The number of rotatable bonds is 6. The van der Waals surface area contributed by atoms with Crippen LogP contribution in [0.25, 0.3) is 0 Å². The van der Waals surface area contributed by atoms with E-state index in [2.05, 4.69) is 4.72 Å². The summed E-state index contributed by atoms with van der Waals surface area (Å²) in [5.74, 6) is 0.605. The molecule has 1 unspecified atom stereocenters. The van der Waals surface area contributed by atoms with Gasteiger partial charge in [-0.3, -0.25) is 0 Å². The van der Waals surface area contributed by atoms with Crippen molar-refractivity contribution in [3.05, 3.63) is 29.8 Å². The average molecular weight is 337 g/mol. The molecule has 1 saturated heterocycles. The first-order valence-electron chi connectivity index (χ1n) is 8.86. The highest BCUT2D eigenvalue weighted by Crippen LogP contribution is 2.32. The van der Waals surface area contributed by atoms with E-state index in [1.807, 2.05) is 12.1 Å². The molecule has 1 aromatic rings. The minimum atomic E-state index is -3.41. The van der Waals surface area contributed by atoms with Gasteiger partial charge in [0, 0.05) is 13.2 Å². The van der Waals surface area contributed by atoms with Crippen LogP contribution in [0.3, 0.4) is 0 Å². The Kier molecular flexibility index (Phi) is 5.72. The van der Waals surface area contributed by atoms with Gasteiger partial charge in [-0.25, -0.2) is 13.1 Å². The van der Waals surface area contributed by atoms with Gasteiger partial charge in [-0.1, -0.05) is 31.4 Å². The highest BCUT2D eigenvalue weighted by atomic mass is 32.2. The van der Waals surface area contributed by atoms with Gasteiger partial charge in [0.15, 0.2) is 0 Å². The van der Waals surface area contributed by atoms with Crippen LogP contribution in [0.2, 0.25) is 0 Å². The lowest BCUT2D eigenvalue weighted by Gasteiger charge is -2.22. The molecule has 4 nitrogen and oxygen atoms in total. The fraction of sp³-hybridized carbons (Fsp3) is 0.667. The molecule has 23 heavy (non-hydrogen) atoms. The van der Waals surface area contributed by atoms with Crippen molar-refractivity contribution in [2.75, 3.05) is 13.2 Å². The van der Waals surface area contributed by atoms with Gasteiger partial charge in [-0.15, -0.1) is 0 Å². The first-order chi connectivity index (χ1) is 11.1. The lowest BCUT2D eigenvalue weighted by molar-refractivity contribution is 0.105. The highest BCUT2D eigenvalue weighted by Gasteiger charge is 2.19. The molecule has 128 valence electrons. The summed E-state index contributed by atoms with van der Waals surface area (Å²) in [5.41, 5.74) is 1.28. The summed E-state index contributed by atoms with van der Waals surface area (Å²) in [6, 6.07) is 7.48. The van der Waals surface area contributed by atoms with Crippen LogP contribution in [-0.4, -0.2) is 27.7 Å². The predicted molar refractivity (Wildman–Crippen MR) is 91.0 cm³/mol. The number of hydrogen-bond acceptors (Lipinski definition) is 3. The Morgan fingerprint density at radius 3 is 2.39 bits per heavy atom. The van der Waals surface area contributed by atoms with E-state index in [0.29, 0.717) is 17.4 Å². The Balaban J connectivity index is 1.56. The number of sulfonamides is 1. The molecule has 3 rings (SSSR count). The molecule has 1 heterocycles. The lowest BCUT2D eigenvalue weighted by Crippen LogP contribution is -2.27. The summed E-state index contributed by atoms with van der Waals surface area (Å²) in [6.07, 6.45) is 9.45. The normalized spacial score (nSPS) is 23.2. The molecule has 1 aliphatic carbocycles. The van der Waals surface area contributed by atoms with Crippen LogP contribution in [0.5, 0.6) is 0 Å². The van der Waals surface area contributed by atoms with Gasteiger partial charge in [0.05, 0.1) is 11.0 Å². The van der Waals surface area contributed by atoms with Crippen molar-refractivity contribution >= 4 is 10.0 Å². The van der Waals surface area contributed by atoms with E-state index < -0.39 is 10.0 Å². The summed E-state index contributed by atoms with van der Waals surface area (Å²) >= 11 is 0. The van der Waals surface area contributed by atoms with Crippen LogP contribution in [0.4, 0.5) is 0 Å². The van der Waals surface area contributed by atoms with Crippen LogP contribution in [0.1, 0.15) is 62.8 Å². The molecule has 0 bridgehead atoms. The van der Waals surface area contributed by atoms with Crippen molar-refractivity contribution in [3.63, 3.8) is 0 Å². The third-order valence-corrected chi connectivity index (χ3v) is 6.53. The van der Waals surface area contributed by atoms with E-state index in [1.54, 1.807) is 12.1 Å². The highest BCUT2D eigenvalue weighted by molar-refractivity contribution is 7.89. The molecular formula is C18H27NO3S. The first-order valence-corrected chi connectivity index (χ1v) is 10.3. The fourth-order valence-electron chi connectivity index (χ4n) is 3.66. The second-order valence-corrected chi connectivity index (χ2v) is 8.49. The van der Waals surface area contributed by atoms with Crippen LogP contribution in [-0.2, 0) is 14.8 Å². The van der Waals surface area contributed by atoms with E-state index >= 15 is 0 Å². The summed E-state index contributed by atoms with van der Waals surface area (Å²) in [5, 5.41) is 0. The Morgan fingerprint density at radius 2 is 1.74 bits per heavy atom. The molecule has 1 aromatic carbocycles. The van der Waals surface area contributed by atoms with Crippen molar-refractivity contribution in [1.29, 1.82) is 0 Å². The fourth-order valence-corrected chi connectivity index (χ4v) is 4.71. The van der Waals surface area contributed by atoms with E-state index in [9.17, 15) is 8.42 Å². The molecule has 0 radical (unpaired) electrons. The zero-order chi connectivity index (χ0) is 16.1. The summed E-state index contributed by atoms with van der Waals surface area (Å²) < 4.78 is 32.9. The smallest absolute Gasteiger partial charge is 0.240 e. The maximum absolute atomic E-state index is 12.3. The van der Waals surface area contributed by atoms with Crippen LogP contribution >= 0.6 is 0 Å². The molecule has 2 fully saturated rings. The summed E-state index contributed by atoms with van der Waals surface area (Å²) in [4.78, 5) is 0.365. The van der Waals surface area contributed by atoms with Gasteiger partial charge >= 0.3 is 0 Å². The standard InChI is InChI=1S/C18H27NO3S/c20-23(21,19-13-12-17-7-4-14-22-17)18-10-8-16(9-11-18)15-5-2-1-3-6-15/h8-11,15,17,19H,1-7,12-14H2. The second kappa shape index (κ2) is 7.77. The largest absolute Gasteiger partial charge is 0.378 e. The van der Waals surface area contributed by atoms with Gasteiger partial charge in [0.2, 0.25) is 10.0 Å². The lowest BCUT2D eigenvalue weighted by atomic mass is 9.84. The van der Waals surface area contributed by atoms with Gasteiger partial charge < -0.3 is 4.74 Å². The van der Waals surface area contributed by atoms with Crippen molar-refractivity contribution < 1.29 is 13.2 Å². The molecule has 5 heteroatoms. The first kappa shape index (κ1) is 16.9. The molecule has 0 aromatic heterocycles. The third kappa shape index (κ3) is 4.55. The van der Waals surface area contributed by atoms with Crippen molar-refractivity contribution in [3.8, 4) is 0 Å². The molecule has 0 amide bonds. The molecule has 1 aliphatic heterocycles. The summed E-state index contributed by atoms with van der Waals surface area (Å²) in [7, 11) is -3.41. The molecule has 1 atom stereocenters. The van der Waals surface area contributed by atoms with Crippen LogP contribution < -0.4 is 4.72 Å². The third-order valence-electron chi connectivity index (χ3n) is 5.05. The molecule has 2 aliphatic rings. The topological polar surface area (TPSA) is 55.4 Å². The number of benzene rings is 1. The number of hydrogen-bond donors (Lipinski definition) is 1. The Bertz CT molecular complexity index is 585. The Labute approximate surface area is 139 Å². The minimum Gasteiger partial charge on any atom is -0.378 e. The zero-order valence-electron chi connectivity index (χ0n) is 13.7.